The summed E-state index contributed by atoms with van der Waals surface area (Å²) in [5, 5.41) is 32.2. The third-order valence-corrected chi connectivity index (χ3v) is 6.76. The molecular weight excluding hydrogens is 548 g/mol. The van der Waals surface area contributed by atoms with Crippen LogP contribution in [0.25, 0.3) is 32.3 Å². The van der Waals surface area contributed by atoms with E-state index in [1.54, 1.807) is 60.7 Å². The van der Waals surface area contributed by atoms with Gasteiger partial charge in [0.15, 0.2) is 0 Å². The topological polar surface area (TPSA) is 130 Å². The molecule has 0 amide bonds. The summed E-state index contributed by atoms with van der Waals surface area (Å²) in [6.07, 6.45) is 0. The summed E-state index contributed by atoms with van der Waals surface area (Å²) < 4.78 is 11.5. The van der Waals surface area contributed by atoms with E-state index in [2.05, 4.69) is 0 Å². The van der Waals surface area contributed by atoms with Gasteiger partial charge in [-0.05, 0) is 86.9 Å². The van der Waals surface area contributed by atoms with Crippen LogP contribution < -0.4 is 9.47 Å². The Morgan fingerprint density at radius 2 is 0.930 bits per heavy atom. The quantitative estimate of drug-likeness (QED) is 0.161. The predicted octanol–water partition coefficient (Wildman–Crippen LogP) is 7.39. The lowest BCUT2D eigenvalue weighted by molar-refractivity contribution is 0.0686. The van der Waals surface area contributed by atoms with Gasteiger partial charge in [0.1, 0.15) is 24.7 Å². The fourth-order valence-corrected chi connectivity index (χ4v) is 4.62. The van der Waals surface area contributed by atoms with Crippen molar-refractivity contribution in [1.82, 2.24) is 0 Å². The van der Waals surface area contributed by atoms with Crippen molar-refractivity contribution in [2.45, 2.75) is 0 Å². The number of fused-ring (bicyclic) bond motifs is 3. The van der Waals surface area contributed by atoms with E-state index < -0.39 is 17.9 Å². The average molecular weight is 575 g/mol. The zero-order valence-corrected chi connectivity index (χ0v) is 22.8. The van der Waals surface area contributed by atoms with E-state index in [1.165, 1.54) is 0 Å². The van der Waals surface area contributed by atoms with Crippen LogP contribution in [0.4, 0.5) is 0 Å². The molecule has 8 heteroatoms. The van der Waals surface area contributed by atoms with Gasteiger partial charge in [-0.1, -0.05) is 60.7 Å². The van der Waals surface area contributed by atoms with Gasteiger partial charge < -0.3 is 24.8 Å². The molecule has 0 unspecified atom stereocenters. The fraction of sp³-hybridized carbons (Fsp3) is 0.0571. The first-order chi connectivity index (χ1) is 20.8. The first-order valence-electron chi connectivity index (χ1n) is 13.3. The summed E-state index contributed by atoms with van der Waals surface area (Å²) in [6, 6.07) is 33.6. The van der Waals surface area contributed by atoms with Gasteiger partial charge >= 0.3 is 17.9 Å². The number of carboxylic acids is 3. The number of hydrogen-bond donors (Lipinski definition) is 3. The third kappa shape index (κ3) is 6.89. The smallest absolute Gasteiger partial charge is 0.336 e. The molecule has 0 saturated heterocycles. The van der Waals surface area contributed by atoms with Crippen molar-refractivity contribution < 1.29 is 39.2 Å². The molecule has 0 atom stereocenters. The lowest BCUT2D eigenvalue weighted by atomic mass is 10.1. The number of aromatic carboxylic acids is 3. The molecule has 8 nitrogen and oxygen atoms in total. The first-order valence-corrected chi connectivity index (χ1v) is 13.3. The molecule has 43 heavy (non-hydrogen) atoms. The molecule has 6 rings (SSSR count). The van der Waals surface area contributed by atoms with Crippen LogP contribution in [-0.4, -0.2) is 46.4 Å². The number of carboxylic acid groups (broad SMARTS) is 3. The Morgan fingerprint density at radius 3 is 1.44 bits per heavy atom. The average Bonchev–Trinajstić information content (AvgIpc) is 3.02. The summed E-state index contributed by atoms with van der Waals surface area (Å²) in [5.41, 5.74) is 0.858. The second-order valence-corrected chi connectivity index (χ2v) is 9.59. The van der Waals surface area contributed by atoms with E-state index in [0.717, 1.165) is 32.3 Å². The molecule has 0 spiro atoms. The summed E-state index contributed by atoms with van der Waals surface area (Å²) >= 11 is 0. The van der Waals surface area contributed by atoms with Gasteiger partial charge in [0.2, 0.25) is 0 Å². The van der Waals surface area contributed by atoms with Gasteiger partial charge in [0.25, 0.3) is 0 Å². The van der Waals surface area contributed by atoms with Crippen molar-refractivity contribution in [3.05, 3.63) is 132 Å². The molecule has 0 aliphatic rings. The molecule has 0 radical (unpaired) electrons. The Kier molecular flexibility index (Phi) is 8.48. The number of hydrogen-bond acceptors (Lipinski definition) is 5. The largest absolute Gasteiger partial charge is 0.490 e. The summed E-state index contributed by atoms with van der Waals surface area (Å²) in [6.45, 7) is 0.684. The first kappa shape index (κ1) is 28.6. The molecule has 0 fully saturated rings. The number of rotatable bonds is 8. The van der Waals surface area contributed by atoms with E-state index >= 15 is 0 Å². The molecule has 6 aromatic carbocycles. The SMILES string of the molecule is O=C(O)c1ccc2cc(OCCOc3ccc4cc(C(=O)O)ccc4c3)ccc2c1.O=C(O)c1cccc2ccccc12. The normalized spacial score (nSPS) is 10.6. The minimum absolute atomic E-state index is 0.249. The van der Waals surface area contributed by atoms with Crippen molar-refractivity contribution in [1.29, 1.82) is 0 Å². The zero-order chi connectivity index (χ0) is 30.3. The lowest BCUT2D eigenvalue weighted by Crippen LogP contribution is -2.09. The van der Waals surface area contributed by atoms with E-state index in [9.17, 15) is 14.4 Å². The molecule has 0 bridgehead atoms. The molecule has 6 aromatic rings. The van der Waals surface area contributed by atoms with Gasteiger partial charge in [-0.3, -0.25) is 0 Å². The maximum Gasteiger partial charge on any atom is 0.336 e. The highest BCUT2D eigenvalue weighted by molar-refractivity contribution is 6.03. The number of ether oxygens (including phenoxy) is 2. The van der Waals surface area contributed by atoms with Crippen LogP contribution in [0, 0.1) is 0 Å². The van der Waals surface area contributed by atoms with Crippen LogP contribution in [-0.2, 0) is 0 Å². The van der Waals surface area contributed by atoms with Crippen molar-refractivity contribution in [2.24, 2.45) is 0 Å². The molecule has 0 saturated carbocycles. The Labute approximate surface area is 246 Å². The van der Waals surface area contributed by atoms with Crippen LogP contribution in [0.3, 0.4) is 0 Å². The van der Waals surface area contributed by atoms with Gasteiger partial charge in [-0.25, -0.2) is 14.4 Å². The van der Waals surface area contributed by atoms with Crippen LogP contribution in [0.1, 0.15) is 31.1 Å². The van der Waals surface area contributed by atoms with E-state index in [-0.39, 0.29) is 11.1 Å². The van der Waals surface area contributed by atoms with Crippen molar-refractivity contribution in [3.63, 3.8) is 0 Å². The van der Waals surface area contributed by atoms with Crippen molar-refractivity contribution in [3.8, 4) is 11.5 Å². The highest BCUT2D eigenvalue weighted by Crippen LogP contribution is 2.24. The second kappa shape index (κ2) is 12.7. The number of carbonyl (C=O) groups is 3. The molecule has 3 N–H and O–H groups in total. The maximum atomic E-state index is 11.1. The van der Waals surface area contributed by atoms with Crippen LogP contribution in [0.5, 0.6) is 11.5 Å². The third-order valence-electron chi connectivity index (χ3n) is 6.76. The van der Waals surface area contributed by atoms with Crippen LogP contribution in [0.15, 0.2) is 115 Å². The Hall–Kier alpha value is -5.89. The van der Waals surface area contributed by atoms with E-state index in [4.69, 9.17) is 24.8 Å². The van der Waals surface area contributed by atoms with Gasteiger partial charge in [-0.15, -0.1) is 0 Å². The van der Waals surface area contributed by atoms with Crippen molar-refractivity contribution >= 4 is 50.2 Å². The molecule has 0 heterocycles. The van der Waals surface area contributed by atoms with Gasteiger partial charge in [0.05, 0.1) is 16.7 Å². The maximum absolute atomic E-state index is 11.1. The fourth-order valence-electron chi connectivity index (χ4n) is 4.62. The highest BCUT2D eigenvalue weighted by Gasteiger charge is 2.07. The minimum atomic E-state index is -0.953. The zero-order valence-electron chi connectivity index (χ0n) is 22.8. The van der Waals surface area contributed by atoms with E-state index in [0.29, 0.717) is 30.3 Å². The van der Waals surface area contributed by atoms with Crippen molar-refractivity contribution in [2.75, 3.05) is 13.2 Å². The Bertz CT molecular complexity index is 1870. The van der Waals surface area contributed by atoms with Gasteiger partial charge in [0, 0.05) is 0 Å². The van der Waals surface area contributed by atoms with Crippen LogP contribution in [0.2, 0.25) is 0 Å². The van der Waals surface area contributed by atoms with E-state index in [1.807, 2.05) is 54.6 Å². The highest BCUT2D eigenvalue weighted by atomic mass is 16.5. The second-order valence-electron chi connectivity index (χ2n) is 9.59. The van der Waals surface area contributed by atoms with Gasteiger partial charge in [-0.2, -0.15) is 0 Å². The lowest BCUT2D eigenvalue weighted by Gasteiger charge is -2.10. The molecule has 0 aliphatic heterocycles. The molecular formula is C35H26O8. The minimum Gasteiger partial charge on any atom is -0.490 e. The monoisotopic (exact) mass is 574 g/mol. The standard InChI is InChI=1S/C24H18O6.C11H8O2/c25-23(26)19-3-1-17-13-21(7-5-15(17)11-19)29-9-10-30-22-8-6-16-12-20(24(27)28)4-2-18(16)14-22;12-11(13)10-7-3-5-8-4-1-2-6-9(8)10/h1-8,11-14H,9-10H2,(H,25,26)(H,27,28);1-7H,(H,12,13). The molecule has 214 valence electrons. The molecule has 0 aromatic heterocycles. The number of benzene rings is 6. The summed E-state index contributed by atoms with van der Waals surface area (Å²) in [5.74, 6) is -1.43. The molecule has 0 aliphatic carbocycles. The predicted molar refractivity (Wildman–Crippen MR) is 164 cm³/mol. The Balaban J connectivity index is 0.000000235. The summed E-state index contributed by atoms with van der Waals surface area (Å²) in [7, 11) is 0. The Morgan fingerprint density at radius 1 is 0.465 bits per heavy atom. The van der Waals surface area contributed by atoms with Crippen LogP contribution >= 0.6 is 0 Å². The summed E-state index contributed by atoms with van der Waals surface area (Å²) in [4.78, 5) is 32.9.